The number of aryl methyl sites for hydroxylation is 1. The standard InChI is InChI=1S/C21H17Cl2F3N4O/c1-11-2-4-12(5-3-11)15-9-18(21(24,25)26)30-19(27-15)10-17(29-30)20(31)28-16-8-13(22)6-7-14(16)23/h2-8,10,15,18,27H,9H2,1H3,(H,28,31)/t15-,18+/m0/s1. The molecule has 0 fully saturated rings. The van der Waals surface area contributed by atoms with Crippen molar-refractivity contribution < 1.29 is 18.0 Å². The Kier molecular flexibility index (Phi) is 5.61. The molecule has 2 aromatic carbocycles. The number of carbonyl (C=O) groups is 1. The maximum atomic E-state index is 13.8. The molecular formula is C21H17Cl2F3N4O. The van der Waals surface area contributed by atoms with E-state index in [-0.39, 0.29) is 28.6 Å². The Balaban J connectivity index is 1.65. The lowest BCUT2D eigenvalue weighted by Crippen LogP contribution is -2.35. The largest absolute Gasteiger partial charge is 0.410 e. The first-order chi connectivity index (χ1) is 14.6. The number of halogens is 5. The number of benzene rings is 2. The van der Waals surface area contributed by atoms with Gasteiger partial charge >= 0.3 is 6.18 Å². The predicted octanol–water partition coefficient (Wildman–Crippen LogP) is 6.41. The molecule has 31 heavy (non-hydrogen) atoms. The molecule has 2 N–H and O–H groups in total. The van der Waals surface area contributed by atoms with Gasteiger partial charge in [-0.15, -0.1) is 0 Å². The molecule has 162 valence electrons. The van der Waals surface area contributed by atoms with Gasteiger partial charge in [-0.05, 0) is 30.7 Å². The Bertz CT molecular complexity index is 1130. The topological polar surface area (TPSA) is 59.0 Å². The van der Waals surface area contributed by atoms with E-state index in [4.69, 9.17) is 23.2 Å². The molecule has 5 nitrogen and oxygen atoms in total. The molecule has 4 rings (SSSR count). The van der Waals surface area contributed by atoms with Crippen molar-refractivity contribution >= 4 is 40.6 Å². The number of fused-ring (bicyclic) bond motifs is 1. The van der Waals surface area contributed by atoms with Crippen LogP contribution in [0.15, 0.2) is 48.5 Å². The fourth-order valence-corrected chi connectivity index (χ4v) is 3.82. The average Bonchev–Trinajstić information content (AvgIpc) is 3.14. The Hall–Kier alpha value is -2.71. The van der Waals surface area contributed by atoms with Gasteiger partial charge in [0, 0.05) is 17.5 Å². The minimum absolute atomic E-state index is 0.112. The Labute approximate surface area is 186 Å². The highest BCUT2D eigenvalue weighted by molar-refractivity contribution is 6.35. The van der Waals surface area contributed by atoms with E-state index in [0.29, 0.717) is 5.02 Å². The van der Waals surface area contributed by atoms with Gasteiger partial charge in [0.05, 0.1) is 16.8 Å². The van der Waals surface area contributed by atoms with Crippen molar-refractivity contribution in [3.8, 4) is 0 Å². The molecule has 3 aromatic rings. The molecule has 10 heteroatoms. The number of nitrogens with one attached hydrogen (secondary N) is 2. The first-order valence-corrected chi connectivity index (χ1v) is 10.1. The van der Waals surface area contributed by atoms with Crippen molar-refractivity contribution in [1.29, 1.82) is 0 Å². The van der Waals surface area contributed by atoms with Gasteiger partial charge in [0.25, 0.3) is 5.91 Å². The summed E-state index contributed by atoms with van der Waals surface area (Å²) in [5.74, 6) is -0.581. The van der Waals surface area contributed by atoms with Crippen LogP contribution in [-0.2, 0) is 0 Å². The van der Waals surface area contributed by atoms with Crippen LogP contribution in [0.3, 0.4) is 0 Å². The second kappa shape index (κ2) is 8.09. The second-order valence-electron chi connectivity index (χ2n) is 7.34. The molecule has 2 atom stereocenters. The first kappa shape index (κ1) is 21.5. The predicted molar refractivity (Wildman–Crippen MR) is 114 cm³/mol. The summed E-state index contributed by atoms with van der Waals surface area (Å²) in [5.41, 5.74) is 1.81. The number of nitrogens with zero attached hydrogens (tertiary/aromatic N) is 2. The second-order valence-corrected chi connectivity index (χ2v) is 8.18. The van der Waals surface area contributed by atoms with Crippen molar-refractivity contribution in [3.05, 3.63) is 75.4 Å². The van der Waals surface area contributed by atoms with E-state index in [1.807, 2.05) is 19.1 Å². The van der Waals surface area contributed by atoms with Gasteiger partial charge in [-0.3, -0.25) is 4.79 Å². The summed E-state index contributed by atoms with van der Waals surface area (Å²) in [7, 11) is 0. The van der Waals surface area contributed by atoms with E-state index in [1.165, 1.54) is 18.2 Å². The molecule has 0 radical (unpaired) electrons. The molecule has 1 aliphatic heterocycles. The fourth-order valence-electron chi connectivity index (χ4n) is 3.48. The molecule has 0 spiro atoms. The molecule has 1 aliphatic rings. The quantitative estimate of drug-likeness (QED) is 0.466. The molecule has 0 saturated carbocycles. The van der Waals surface area contributed by atoms with E-state index in [2.05, 4.69) is 15.7 Å². The molecule has 2 heterocycles. The lowest BCUT2D eigenvalue weighted by atomic mass is 9.96. The van der Waals surface area contributed by atoms with Gasteiger partial charge in [0.2, 0.25) is 0 Å². The van der Waals surface area contributed by atoms with E-state index < -0.39 is 24.2 Å². The zero-order valence-electron chi connectivity index (χ0n) is 16.2. The van der Waals surface area contributed by atoms with E-state index in [0.717, 1.165) is 15.8 Å². The third-order valence-electron chi connectivity index (χ3n) is 5.08. The number of alkyl halides is 3. The first-order valence-electron chi connectivity index (χ1n) is 9.37. The van der Waals surface area contributed by atoms with Gasteiger partial charge in [-0.25, -0.2) is 4.68 Å². The number of carbonyl (C=O) groups excluding carboxylic acids is 1. The number of amides is 1. The minimum atomic E-state index is -4.53. The van der Waals surface area contributed by atoms with Gasteiger partial charge in [0.15, 0.2) is 11.7 Å². The van der Waals surface area contributed by atoms with Crippen molar-refractivity contribution in [3.63, 3.8) is 0 Å². The smallest absolute Gasteiger partial charge is 0.363 e. The van der Waals surface area contributed by atoms with Gasteiger partial charge in [0.1, 0.15) is 5.82 Å². The summed E-state index contributed by atoms with van der Waals surface area (Å²) in [4.78, 5) is 12.6. The van der Waals surface area contributed by atoms with Gasteiger partial charge in [-0.1, -0.05) is 53.0 Å². The van der Waals surface area contributed by atoms with Crippen LogP contribution < -0.4 is 10.6 Å². The molecular weight excluding hydrogens is 452 g/mol. The molecule has 0 unspecified atom stereocenters. The van der Waals surface area contributed by atoms with Crippen LogP contribution in [0.25, 0.3) is 0 Å². The molecule has 0 saturated heterocycles. The normalized spacial score (nSPS) is 18.3. The van der Waals surface area contributed by atoms with Crippen LogP contribution in [0.2, 0.25) is 10.0 Å². The number of aromatic nitrogens is 2. The highest BCUT2D eigenvalue weighted by atomic mass is 35.5. The van der Waals surface area contributed by atoms with Crippen molar-refractivity contribution in [2.24, 2.45) is 0 Å². The Morgan fingerprint density at radius 1 is 1.16 bits per heavy atom. The van der Waals surface area contributed by atoms with Crippen molar-refractivity contribution in [2.45, 2.75) is 31.6 Å². The summed E-state index contributed by atoms with van der Waals surface area (Å²) in [6.07, 6.45) is -4.78. The summed E-state index contributed by atoms with van der Waals surface area (Å²) >= 11 is 12.0. The summed E-state index contributed by atoms with van der Waals surface area (Å²) in [6, 6.07) is 10.6. The third-order valence-corrected chi connectivity index (χ3v) is 5.64. The molecule has 1 aromatic heterocycles. The number of hydrogen-bond donors (Lipinski definition) is 2. The monoisotopic (exact) mass is 468 g/mol. The number of rotatable bonds is 3. The average molecular weight is 469 g/mol. The highest BCUT2D eigenvalue weighted by Gasteiger charge is 2.46. The van der Waals surface area contributed by atoms with Crippen LogP contribution in [0.1, 0.15) is 40.1 Å². The summed E-state index contributed by atoms with van der Waals surface area (Å²) < 4.78 is 42.2. The summed E-state index contributed by atoms with van der Waals surface area (Å²) in [5, 5.41) is 10.1. The van der Waals surface area contributed by atoms with Crippen molar-refractivity contribution in [2.75, 3.05) is 10.6 Å². The maximum absolute atomic E-state index is 13.8. The lowest BCUT2D eigenvalue weighted by Gasteiger charge is -2.33. The van der Waals surface area contributed by atoms with Crippen molar-refractivity contribution in [1.82, 2.24) is 9.78 Å². The van der Waals surface area contributed by atoms with Crippen LogP contribution in [-0.4, -0.2) is 21.9 Å². The molecule has 1 amide bonds. The Morgan fingerprint density at radius 3 is 2.55 bits per heavy atom. The van der Waals surface area contributed by atoms with E-state index in [1.54, 1.807) is 18.2 Å². The van der Waals surface area contributed by atoms with E-state index in [9.17, 15) is 18.0 Å². The third kappa shape index (κ3) is 4.50. The van der Waals surface area contributed by atoms with Crippen LogP contribution in [0, 0.1) is 6.92 Å². The van der Waals surface area contributed by atoms with Crippen LogP contribution in [0.4, 0.5) is 24.7 Å². The maximum Gasteiger partial charge on any atom is 0.410 e. The highest BCUT2D eigenvalue weighted by Crippen LogP contribution is 2.43. The lowest BCUT2D eigenvalue weighted by molar-refractivity contribution is -0.173. The number of anilines is 2. The summed E-state index contributed by atoms with van der Waals surface area (Å²) in [6.45, 7) is 1.91. The number of hydrogen-bond acceptors (Lipinski definition) is 3. The molecule has 0 bridgehead atoms. The molecule has 0 aliphatic carbocycles. The zero-order valence-corrected chi connectivity index (χ0v) is 17.7. The van der Waals surface area contributed by atoms with Gasteiger partial charge in [-0.2, -0.15) is 18.3 Å². The SMILES string of the molecule is Cc1ccc([C@@H]2C[C@H](C(F)(F)F)n3nc(C(=O)Nc4cc(Cl)ccc4Cl)cc3N2)cc1. The van der Waals surface area contributed by atoms with Crippen LogP contribution in [0.5, 0.6) is 0 Å². The minimum Gasteiger partial charge on any atom is -0.363 e. The van der Waals surface area contributed by atoms with E-state index >= 15 is 0 Å². The fraction of sp³-hybridized carbons (Fsp3) is 0.238. The van der Waals surface area contributed by atoms with Gasteiger partial charge < -0.3 is 10.6 Å². The Morgan fingerprint density at radius 2 is 1.87 bits per heavy atom. The zero-order chi connectivity index (χ0) is 22.3. The van der Waals surface area contributed by atoms with Crippen LogP contribution >= 0.6 is 23.2 Å².